The van der Waals surface area contributed by atoms with Crippen molar-refractivity contribution in [1.29, 1.82) is 0 Å². The van der Waals surface area contributed by atoms with Crippen LogP contribution < -0.4 is 10.6 Å². The molecule has 26 heavy (non-hydrogen) atoms. The molecule has 0 atom stereocenters. The predicted octanol–water partition coefficient (Wildman–Crippen LogP) is 2.41. The van der Waals surface area contributed by atoms with E-state index in [2.05, 4.69) is 16.7 Å². The van der Waals surface area contributed by atoms with E-state index in [0.717, 1.165) is 38.3 Å². The number of carbonyl (C=O) groups excluding carboxylic acids is 2. The fourth-order valence-corrected chi connectivity index (χ4v) is 3.21. The van der Waals surface area contributed by atoms with Crippen LogP contribution in [-0.2, 0) is 11.2 Å². The van der Waals surface area contributed by atoms with Gasteiger partial charge in [0.05, 0.1) is 0 Å². The zero-order chi connectivity index (χ0) is 18.5. The first-order valence-corrected chi connectivity index (χ1v) is 9.06. The van der Waals surface area contributed by atoms with E-state index in [-0.39, 0.29) is 6.42 Å². The van der Waals surface area contributed by atoms with Crippen LogP contribution in [0.25, 0.3) is 0 Å². The predicted molar refractivity (Wildman–Crippen MR) is 105 cm³/mol. The molecule has 0 aliphatic carbocycles. The summed E-state index contributed by atoms with van der Waals surface area (Å²) in [5, 5.41) is 0. The lowest BCUT2D eigenvalue weighted by Gasteiger charge is -2.35. The minimum atomic E-state index is -0.468. The van der Waals surface area contributed by atoms with E-state index in [9.17, 15) is 9.59 Å². The molecule has 0 bridgehead atoms. The van der Waals surface area contributed by atoms with E-state index in [0.29, 0.717) is 11.3 Å². The summed E-state index contributed by atoms with van der Waals surface area (Å²) in [7, 11) is 0. The van der Waals surface area contributed by atoms with E-state index in [1.807, 2.05) is 24.3 Å². The van der Waals surface area contributed by atoms with Crippen molar-refractivity contribution in [2.24, 2.45) is 0 Å². The number of nitrogen functional groups attached to an aromatic ring is 1. The van der Waals surface area contributed by atoms with E-state index in [1.54, 1.807) is 24.3 Å². The number of likely N-dealkylation sites (N-methyl/N-ethyl adjacent to an activating group) is 1. The average Bonchev–Trinajstić information content (AvgIpc) is 2.68. The number of rotatable bonds is 6. The molecule has 1 fully saturated rings. The highest BCUT2D eigenvalue weighted by Gasteiger charge is 2.18. The lowest BCUT2D eigenvalue weighted by molar-refractivity contribution is -0.114. The molecule has 1 heterocycles. The number of piperazine rings is 1. The van der Waals surface area contributed by atoms with Gasteiger partial charge in [0.15, 0.2) is 0 Å². The van der Waals surface area contributed by atoms with Crippen LogP contribution in [0.3, 0.4) is 0 Å². The van der Waals surface area contributed by atoms with Crippen LogP contribution in [0.4, 0.5) is 11.4 Å². The Kier molecular flexibility index (Phi) is 5.68. The highest BCUT2D eigenvalue weighted by atomic mass is 16.2. The monoisotopic (exact) mass is 351 g/mol. The number of benzene rings is 2. The minimum absolute atomic E-state index is 0.118. The summed E-state index contributed by atoms with van der Waals surface area (Å²) in [6.45, 7) is 7.47. The summed E-state index contributed by atoms with van der Waals surface area (Å²) in [6.07, 6.45) is 0.118. The van der Waals surface area contributed by atoms with Gasteiger partial charge in [0.2, 0.25) is 11.6 Å². The van der Waals surface area contributed by atoms with Gasteiger partial charge in [-0.05, 0) is 48.5 Å². The van der Waals surface area contributed by atoms with Crippen molar-refractivity contribution >= 4 is 22.9 Å². The standard InChI is InChI=1S/C21H25N3O2/c1-2-23-11-13-24(14-12-23)19-9-3-16(4-10-19)15-20(25)21(26)17-5-7-18(22)8-6-17/h3-10H,2,11-15,22H2,1H3. The molecule has 2 aromatic rings. The van der Waals surface area contributed by atoms with Gasteiger partial charge in [-0.2, -0.15) is 0 Å². The summed E-state index contributed by atoms with van der Waals surface area (Å²) >= 11 is 0. The molecule has 0 unspecified atom stereocenters. The first-order valence-electron chi connectivity index (χ1n) is 9.06. The molecule has 1 saturated heterocycles. The van der Waals surface area contributed by atoms with Crippen molar-refractivity contribution in [3.63, 3.8) is 0 Å². The van der Waals surface area contributed by atoms with E-state index >= 15 is 0 Å². The zero-order valence-electron chi connectivity index (χ0n) is 15.1. The molecular weight excluding hydrogens is 326 g/mol. The minimum Gasteiger partial charge on any atom is -0.399 e. The van der Waals surface area contributed by atoms with Gasteiger partial charge in [-0.3, -0.25) is 9.59 Å². The number of nitrogens with zero attached hydrogens (tertiary/aromatic N) is 2. The van der Waals surface area contributed by atoms with E-state index in [4.69, 9.17) is 5.73 Å². The van der Waals surface area contributed by atoms with Crippen molar-refractivity contribution < 1.29 is 9.59 Å². The lowest BCUT2D eigenvalue weighted by Crippen LogP contribution is -2.46. The van der Waals surface area contributed by atoms with E-state index in [1.165, 1.54) is 5.69 Å². The Labute approximate surface area is 154 Å². The van der Waals surface area contributed by atoms with Gasteiger partial charge in [-0.25, -0.2) is 0 Å². The van der Waals surface area contributed by atoms with Gasteiger partial charge >= 0.3 is 0 Å². The molecule has 5 nitrogen and oxygen atoms in total. The molecule has 2 aromatic carbocycles. The quantitative estimate of drug-likeness (QED) is 0.492. The summed E-state index contributed by atoms with van der Waals surface area (Å²) in [6, 6.07) is 14.4. The third kappa shape index (κ3) is 4.29. The highest BCUT2D eigenvalue weighted by molar-refractivity contribution is 6.44. The van der Waals surface area contributed by atoms with Crippen LogP contribution in [0.15, 0.2) is 48.5 Å². The van der Waals surface area contributed by atoms with Crippen LogP contribution in [0.1, 0.15) is 22.8 Å². The van der Waals surface area contributed by atoms with Crippen LogP contribution in [0.2, 0.25) is 0 Å². The Morgan fingerprint density at radius 1 is 0.923 bits per heavy atom. The van der Waals surface area contributed by atoms with Crippen molar-refractivity contribution in [3.8, 4) is 0 Å². The maximum absolute atomic E-state index is 12.3. The molecule has 1 aliphatic rings. The molecule has 2 N–H and O–H groups in total. The fourth-order valence-electron chi connectivity index (χ4n) is 3.21. The summed E-state index contributed by atoms with van der Waals surface area (Å²) in [5.74, 6) is -0.871. The second kappa shape index (κ2) is 8.15. The van der Waals surface area contributed by atoms with Crippen LogP contribution in [-0.4, -0.2) is 49.2 Å². The Balaban J connectivity index is 1.59. The van der Waals surface area contributed by atoms with Gasteiger partial charge in [0.1, 0.15) is 0 Å². The number of Topliss-reactive ketones (excluding diaryl/α,β-unsaturated/α-hetero) is 2. The number of hydrogen-bond acceptors (Lipinski definition) is 5. The number of nitrogens with two attached hydrogens (primary N) is 1. The van der Waals surface area contributed by atoms with Gasteiger partial charge in [0.25, 0.3) is 0 Å². The number of anilines is 2. The van der Waals surface area contributed by atoms with Crippen LogP contribution in [0.5, 0.6) is 0 Å². The van der Waals surface area contributed by atoms with Crippen LogP contribution in [0, 0.1) is 0 Å². The molecule has 136 valence electrons. The van der Waals surface area contributed by atoms with Crippen molar-refractivity contribution in [1.82, 2.24) is 4.90 Å². The average molecular weight is 351 g/mol. The largest absolute Gasteiger partial charge is 0.399 e. The lowest BCUT2D eigenvalue weighted by atomic mass is 10.0. The highest BCUT2D eigenvalue weighted by Crippen LogP contribution is 2.18. The second-order valence-electron chi connectivity index (χ2n) is 6.64. The maximum Gasteiger partial charge on any atom is 0.228 e. The molecule has 0 amide bonds. The molecule has 0 aromatic heterocycles. The number of carbonyl (C=O) groups is 2. The third-order valence-corrected chi connectivity index (χ3v) is 4.91. The SMILES string of the molecule is CCN1CCN(c2ccc(CC(=O)C(=O)c3ccc(N)cc3)cc2)CC1. The number of hydrogen-bond donors (Lipinski definition) is 1. The molecule has 0 spiro atoms. The van der Waals surface area contributed by atoms with Gasteiger partial charge in [-0.15, -0.1) is 0 Å². The molecule has 1 aliphatic heterocycles. The summed E-state index contributed by atoms with van der Waals surface area (Å²) in [4.78, 5) is 29.3. The van der Waals surface area contributed by atoms with Crippen molar-refractivity contribution in [2.75, 3.05) is 43.4 Å². The molecule has 3 rings (SSSR count). The topological polar surface area (TPSA) is 66.6 Å². The maximum atomic E-state index is 12.3. The van der Waals surface area contributed by atoms with Crippen molar-refractivity contribution in [3.05, 3.63) is 59.7 Å². The van der Waals surface area contributed by atoms with Gasteiger partial charge in [0, 0.05) is 49.5 Å². The van der Waals surface area contributed by atoms with Crippen LogP contribution >= 0.6 is 0 Å². The zero-order valence-corrected chi connectivity index (χ0v) is 15.1. The smallest absolute Gasteiger partial charge is 0.228 e. The summed E-state index contributed by atoms with van der Waals surface area (Å²) < 4.78 is 0. The van der Waals surface area contributed by atoms with E-state index < -0.39 is 11.6 Å². The second-order valence-corrected chi connectivity index (χ2v) is 6.64. The number of ketones is 2. The Hall–Kier alpha value is -2.66. The Morgan fingerprint density at radius 2 is 1.54 bits per heavy atom. The Morgan fingerprint density at radius 3 is 2.12 bits per heavy atom. The first-order chi connectivity index (χ1) is 12.6. The first kappa shape index (κ1) is 18.1. The molecule has 5 heteroatoms. The van der Waals surface area contributed by atoms with Gasteiger partial charge in [-0.1, -0.05) is 19.1 Å². The summed E-state index contributed by atoms with van der Waals surface area (Å²) in [5.41, 5.74) is 8.60. The normalized spacial score (nSPS) is 15.0. The molecule has 0 radical (unpaired) electrons. The fraction of sp³-hybridized carbons (Fsp3) is 0.333. The third-order valence-electron chi connectivity index (χ3n) is 4.91. The molecule has 0 saturated carbocycles. The van der Waals surface area contributed by atoms with Crippen molar-refractivity contribution in [2.45, 2.75) is 13.3 Å². The molecular formula is C21H25N3O2. The Bertz CT molecular complexity index is 761. The van der Waals surface area contributed by atoms with Gasteiger partial charge < -0.3 is 15.5 Å².